The average Bonchev–Trinajstić information content (AvgIpc) is 2.19. The summed E-state index contributed by atoms with van der Waals surface area (Å²) in [5.41, 5.74) is 0.837. The van der Waals surface area contributed by atoms with Crippen molar-refractivity contribution in [2.24, 2.45) is 0 Å². The molecule has 2 rings (SSSR count). The Hall–Kier alpha value is -1.16. The molecule has 1 aromatic carbocycles. The second-order valence-corrected chi connectivity index (χ2v) is 5.59. The van der Waals surface area contributed by atoms with Gasteiger partial charge in [-0.05, 0) is 26.0 Å². The fourth-order valence-electron chi connectivity index (χ4n) is 1.42. The molecule has 1 amide bonds. The lowest BCUT2D eigenvalue weighted by molar-refractivity contribution is -0.117. The fourth-order valence-corrected chi connectivity index (χ4v) is 2.47. The van der Waals surface area contributed by atoms with Gasteiger partial charge in [0.2, 0.25) is 5.91 Å². The smallest absolute Gasteiger partial charge is 0.240 e. The lowest BCUT2D eigenvalue weighted by atomic mass is 10.1. The number of ether oxygens (including phenoxy) is 1. The summed E-state index contributed by atoms with van der Waals surface area (Å²) in [6.45, 7) is 3.83. The first-order valence-electron chi connectivity index (χ1n) is 4.71. The van der Waals surface area contributed by atoms with Gasteiger partial charge in [-0.15, -0.1) is 11.8 Å². The third-order valence-corrected chi connectivity index (χ3v) is 3.62. The van der Waals surface area contributed by atoms with Gasteiger partial charge in [-0.25, -0.2) is 0 Å². The van der Waals surface area contributed by atoms with Gasteiger partial charge in [0.05, 0.1) is 17.5 Å². The number of hydrogen-bond donors (Lipinski definition) is 1. The Bertz CT molecular complexity index is 415. The van der Waals surface area contributed by atoms with E-state index in [0.29, 0.717) is 0 Å². The third kappa shape index (κ3) is 1.81. The molecule has 1 aromatic rings. The topological polar surface area (TPSA) is 38.3 Å². The minimum Gasteiger partial charge on any atom is -0.497 e. The average molecular weight is 223 g/mol. The van der Waals surface area contributed by atoms with Crippen LogP contribution >= 0.6 is 11.8 Å². The van der Waals surface area contributed by atoms with Crippen molar-refractivity contribution in [2.75, 3.05) is 12.4 Å². The highest BCUT2D eigenvalue weighted by molar-refractivity contribution is 8.01. The summed E-state index contributed by atoms with van der Waals surface area (Å²) in [6, 6.07) is 5.72. The van der Waals surface area contributed by atoms with Gasteiger partial charge in [0, 0.05) is 11.0 Å². The molecule has 0 aliphatic carbocycles. The maximum atomic E-state index is 11.7. The highest BCUT2D eigenvalue weighted by Crippen LogP contribution is 2.43. The Morgan fingerprint density at radius 1 is 1.40 bits per heavy atom. The number of fused-ring (bicyclic) bond motifs is 1. The van der Waals surface area contributed by atoms with Crippen LogP contribution in [0.1, 0.15) is 13.8 Å². The molecule has 0 aromatic heterocycles. The van der Waals surface area contributed by atoms with Gasteiger partial charge in [0.25, 0.3) is 0 Å². The standard InChI is InChI=1S/C11H13NO2S/c1-11(2)10(13)12-8-6-7(14-3)4-5-9(8)15-11/h4-6H,1-3H3,(H,12,13). The van der Waals surface area contributed by atoms with E-state index in [1.807, 2.05) is 32.0 Å². The molecule has 1 N–H and O–H groups in total. The molecule has 0 fully saturated rings. The number of benzene rings is 1. The van der Waals surface area contributed by atoms with E-state index in [0.717, 1.165) is 16.3 Å². The minimum atomic E-state index is -0.401. The van der Waals surface area contributed by atoms with E-state index in [1.54, 1.807) is 18.9 Å². The first-order valence-corrected chi connectivity index (χ1v) is 5.53. The zero-order valence-corrected chi connectivity index (χ0v) is 9.77. The van der Waals surface area contributed by atoms with Gasteiger partial charge < -0.3 is 10.1 Å². The molecule has 0 radical (unpaired) electrons. The van der Waals surface area contributed by atoms with Crippen molar-refractivity contribution in [3.8, 4) is 5.75 Å². The predicted octanol–water partition coefficient (Wildman–Crippen LogP) is 2.52. The van der Waals surface area contributed by atoms with Crippen molar-refractivity contribution in [3.63, 3.8) is 0 Å². The highest BCUT2D eigenvalue weighted by Gasteiger charge is 2.34. The van der Waals surface area contributed by atoms with Gasteiger partial charge in [-0.2, -0.15) is 0 Å². The van der Waals surface area contributed by atoms with Crippen molar-refractivity contribution in [1.29, 1.82) is 0 Å². The van der Waals surface area contributed by atoms with Gasteiger partial charge in [0.1, 0.15) is 5.75 Å². The van der Waals surface area contributed by atoms with Crippen LogP contribution in [0.2, 0.25) is 0 Å². The maximum absolute atomic E-state index is 11.7. The molecule has 0 bridgehead atoms. The molecule has 80 valence electrons. The molecule has 0 spiro atoms. The highest BCUT2D eigenvalue weighted by atomic mass is 32.2. The first kappa shape index (κ1) is 10.4. The molecule has 3 nitrogen and oxygen atoms in total. The number of thioether (sulfide) groups is 1. The molecule has 1 heterocycles. The largest absolute Gasteiger partial charge is 0.497 e. The molecule has 1 aliphatic heterocycles. The molecule has 15 heavy (non-hydrogen) atoms. The Morgan fingerprint density at radius 2 is 2.13 bits per heavy atom. The van der Waals surface area contributed by atoms with E-state index in [-0.39, 0.29) is 5.91 Å². The van der Waals surface area contributed by atoms with E-state index < -0.39 is 4.75 Å². The van der Waals surface area contributed by atoms with Crippen LogP contribution in [0.15, 0.2) is 23.1 Å². The Balaban J connectivity index is 2.41. The fraction of sp³-hybridized carbons (Fsp3) is 0.364. The molecular weight excluding hydrogens is 210 g/mol. The summed E-state index contributed by atoms with van der Waals surface area (Å²) < 4.78 is 4.71. The number of carbonyl (C=O) groups is 1. The van der Waals surface area contributed by atoms with Crippen molar-refractivity contribution >= 4 is 23.4 Å². The van der Waals surface area contributed by atoms with E-state index >= 15 is 0 Å². The SMILES string of the molecule is COc1ccc2c(c1)NC(=O)C(C)(C)S2. The van der Waals surface area contributed by atoms with Gasteiger partial charge in [-0.1, -0.05) is 0 Å². The van der Waals surface area contributed by atoms with Crippen molar-refractivity contribution in [1.82, 2.24) is 0 Å². The van der Waals surface area contributed by atoms with Crippen LogP contribution in [0.5, 0.6) is 5.75 Å². The summed E-state index contributed by atoms with van der Waals surface area (Å²) >= 11 is 1.57. The second kappa shape index (κ2) is 3.45. The number of nitrogens with one attached hydrogen (secondary N) is 1. The third-order valence-electron chi connectivity index (χ3n) is 2.35. The number of hydrogen-bond acceptors (Lipinski definition) is 3. The molecular formula is C11H13NO2S. The number of amides is 1. The summed E-state index contributed by atoms with van der Waals surface area (Å²) in [5.74, 6) is 0.794. The summed E-state index contributed by atoms with van der Waals surface area (Å²) in [6.07, 6.45) is 0. The van der Waals surface area contributed by atoms with Crippen molar-refractivity contribution in [3.05, 3.63) is 18.2 Å². The Morgan fingerprint density at radius 3 is 2.80 bits per heavy atom. The zero-order chi connectivity index (χ0) is 11.1. The van der Waals surface area contributed by atoms with Gasteiger partial charge in [0.15, 0.2) is 0 Å². The van der Waals surface area contributed by atoms with Crippen LogP contribution in [0.25, 0.3) is 0 Å². The van der Waals surface area contributed by atoms with Crippen LogP contribution in [-0.4, -0.2) is 17.8 Å². The van der Waals surface area contributed by atoms with Crippen LogP contribution in [0.3, 0.4) is 0 Å². The quantitative estimate of drug-likeness (QED) is 0.795. The van der Waals surface area contributed by atoms with Crippen LogP contribution in [-0.2, 0) is 4.79 Å². The van der Waals surface area contributed by atoms with Crippen LogP contribution in [0, 0.1) is 0 Å². The molecule has 0 saturated heterocycles. The molecule has 4 heteroatoms. The molecule has 0 atom stereocenters. The van der Waals surface area contributed by atoms with E-state index in [4.69, 9.17) is 4.74 Å². The summed E-state index contributed by atoms with van der Waals surface area (Å²) in [7, 11) is 1.61. The zero-order valence-electron chi connectivity index (χ0n) is 8.96. The monoisotopic (exact) mass is 223 g/mol. The number of rotatable bonds is 1. The molecule has 0 unspecified atom stereocenters. The Labute approximate surface area is 93.2 Å². The van der Waals surface area contributed by atoms with E-state index in [9.17, 15) is 4.79 Å². The normalized spacial score (nSPS) is 17.9. The van der Waals surface area contributed by atoms with E-state index in [2.05, 4.69) is 5.32 Å². The molecule has 1 aliphatic rings. The second-order valence-electron chi connectivity index (χ2n) is 3.93. The van der Waals surface area contributed by atoms with Crippen molar-refractivity contribution in [2.45, 2.75) is 23.5 Å². The van der Waals surface area contributed by atoms with Crippen LogP contribution < -0.4 is 10.1 Å². The number of methoxy groups -OCH3 is 1. The van der Waals surface area contributed by atoms with Crippen LogP contribution in [0.4, 0.5) is 5.69 Å². The number of carbonyl (C=O) groups excluding carboxylic acids is 1. The maximum Gasteiger partial charge on any atom is 0.240 e. The lowest BCUT2D eigenvalue weighted by Gasteiger charge is -2.29. The molecule has 0 saturated carbocycles. The van der Waals surface area contributed by atoms with Gasteiger partial charge >= 0.3 is 0 Å². The van der Waals surface area contributed by atoms with Gasteiger partial charge in [-0.3, -0.25) is 4.79 Å². The summed E-state index contributed by atoms with van der Waals surface area (Å²) in [4.78, 5) is 12.8. The minimum absolute atomic E-state index is 0.0354. The summed E-state index contributed by atoms with van der Waals surface area (Å²) in [5, 5.41) is 2.89. The number of anilines is 1. The predicted molar refractivity (Wildman–Crippen MR) is 61.6 cm³/mol. The van der Waals surface area contributed by atoms with E-state index in [1.165, 1.54) is 0 Å². The van der Waals surface area contributed by atoms with Crippen molar-refractivity contribution < 1.29 is 9.53 Å². The first-order chi connectivity index (χ1) is 7.03. The Kier molecular flexibility index (Phi) is 2.38. The lowest BCUT2D eigenvalue weighted by Crippen LogP contribution is -2.37.